The summed E-state index contributed by atoms with van der Waals surface area (Å²) < 4.78 is 4.94. The van der Waals surface area contributed by atoms with Gasteiger partial charge in [0.1, 0.15) is 6.04 Å². The highest BCUT2D eigenvalue weighted by Crippen LogP contribution is 2.28. The van der Waals surface area contributed by atoms with E-state index in [2.05, 4.69) is 30.6 Å². The lowest BCUT2D eigenvalue weighted by Crippen LogP contribution is -2.42. The van der Waals surface area contributed by atoms with Crippen LogP contribution in [0.5, 0.6) is 0 Å². The van der Waals surface area contributed by atoms with Crippen molar-refractivity contribution in [3.63, 3.8) is 0 Å². The maximum absolute atomic E-state index is 13.5. The Morgan fingerprint density at radius 2 is 1.61 bits per heavy atom. The number of benzene rings is 3. The Kier molecular flexibility index (Phi) is 8.08. The Morgan fingerprint density at radius 1 is 0.913 bits per heavy atom. The third-order valence-corrected chi connectivity index (χ3v) is 7.67. The number of nitrogens with zero attached hydrogens (tertiary/aromatic N) is 5. The minimum Gasteiger partial charge on any atom is -0.467 e. The predicted octanol–water partition coefficient (Wildman–Crippen LogP) is 2.70. The first kappa shape index (κ1) is 29.9. The van der Waals surface area contributed by atoms with Crippen LogP contribution in [0.1, 0.15) is 49.6 Å². The van der Waals surface area contributed by atoms with Gasteiger partial charge in [0.05, 0.1) is 36.7 Å². The van der Waals surface area contributed by atoms with Gasteiger partial charge in [0, 0.05) is 23.2 Å². The van der Waals surface area contributed by atoms with Gasteiger partial charge < -0.3 is 26.8 Å². The van der Waals surface area contributed by atoms with Gasteiger partial charge in [-0.2, -0.15) is 9.97 Å². The number of rotatable bonds is 10. The van der Waals surface area contributed by atoms with Crippen LogP contribution in [0.2, 0.25) is 0 Å². The number of anilines is 3. The number of imide groups is 1. The Hall–Kier alpha value is -6.18. The number of nitrogens with one attached hydrogen (secondary N) is 2. The van der Waals surface area contributed by atoms with Crippen LogP contribution in [0.15, 0.2) is 66.9 Å². The van der Waals surface area contributed by atoms with Gasteiger partial charge in [0.2, 0.25) is 5.95 Å². The summed E-state index contributed by atoms with van der Waals surface area (Å²) in [6.45, 7) is 0.383. The van der Waals surface area contributed by atoms with Crippen LogP contribution < -0.4 is 22.1 Å². The summed E-state index contributed by atoms with van der Waals surface area (Å²) >= 11 is 0. The zero-order valence-corrected chi connectivity index (χ0v) is 24.7. The SMILES string of the molecule is COC(=O)C(CCCN1C(=O)c2ccccc2C1=O)NC(=O)c1ccc(NCc2cnc3nc(N)nc(N)c3n2)c2ccccc12. The van der Waals surface area contributed by atoms with Crippen molar-refractivity contribution < 1.29 is 23.9 Å². The van der Waals surface area contributed by atoms with E-state index in [9.17, 15) is 19.2 Å². The molecule has 6 rings (SSSR count). The summed E-state index contributed by atoms with van der Waals surface area (Å²) in [6.07, 6.45) is 1.99. The van der Waals surface area contributed by atoms with Gasteiger partial charge in [0.25, 0.3) is 17.7 Å². The molecule has 46 heavy (non-hydrogen) atoms. The number of nitrogen functional groups attached to an aromatic ring is 2. The number of hydrogen-bond donors (Lipinski definition) is 4. The number of aromatic nitrogens is 4. The molecule has 0 radical (unpaired) electrons. The Balaban J connectivity index is 1.15. The molecule has 2 aromatic heterocycles. The van der Waals surface area contributed by atoms with Crippen LogP contribution in [-0.2, 0) is 16.1 Å². The first-order chi connectivity index (χ1) is 22.2. The van der Waals surface area contributed by atoms with E-state index in [-0.39, 0.29) is 43.0 Å². The van der Waals surface area contributed by atoms with Gasteiger partial charge >= 0.3 is 5.97 Å². The van der Waals surface area contributed by atoms with Crippen molar-refractivity contribution in [3.05, 3.63) is 89.2 Å². The van der Waals surface area contributed by atoms with Gasteiger partial charge in [-0.3, -0.25) is 19.3 Å². The summed E-state index contributed by atoms with van der Waals surface area (Å²) in [7, 11) is 1.23. The molecule has 3 aromatic carbocycles. The average Bonchev–Trinajstić information content (AvgIpc) is 3.31. The van der Waals surface area contributed by atoms with E-state index in [1.54, 1.807) is 42.6 Å². The molecule has 14 heteroatoms. The molecule has 3 amide bonds. The van der Waals surface area contributed by atoms with Crippen molar-refractivity contribution in [2.75, 3.05) is 30.4 Å². The summed E-state index contributed by atoms with van der Waals surface area (Å²) in [6, 6.07) is 16.4. The highest BCUT2D eigenvalue weighted by atomic mass is 16.5. The highest BCUT2D eigenvalue weighted by molar-refractivity contribution is 6.21. The van der Waals surface area contributed by atoms with Crippen molar-refractivity contribution in [1.29, 1.82) is 0 Å². The summed E-state index contributed by atoms with van der Waals surface area (Å²) in [5, 5.41) is 7.51. The number of fused-ring (bicyclic) bond motifs is 3. The molecule has 0 bridgehead atoms. The summed E-state index contributed by atoms with van der Waals surface area (Å²) in [5.41, 5.74) is 14.6. The number of nitrogens with two attached hydrogens (primary N) is 2. The lowest BCUT2D eigenvalue weighted by molar-refractivity contribution is -0.143. The number of esters is 1. The quantitative estimate of drug-likeness (QED) is 0.131. The third-order valence-electron chi connectivity index (χ3n) is 7.67. The second-order valence-electron chi connectivity index (χ2n) is 10.6. The zero-order valence-electron chi connectivity index (χ0n) is 24.7. The molecular weight excluding hydrogens is 590 g/mol. The zero-order chi connectivity index (χ0) is 32.4. The van der Waals surface area contributed by atoms with Gasteiger partial charge in [0.15, 0.2) is 17.0 Å². The lowest BCUT2D eigenvalue weighted by Gasteiger charge is -2.19. The highest BCUT2D eigenvalue weighted by Gasteiger charge is 2.35. The van der Waals surface area contributed by atoms with Crippen LogP contribution >= 0.6 is 0 Å². The van der Waals surface area contributed by atoms with E-state index in [0.29, 0.717) is 45.5 Å². The van der Waals surface area contributed by atoms with Crippen LogP contribution in [0.25, 0.3) is 21.9 Å². The number of methoxy groups -OCH3 is 1. The van der Waals surface area contributed by atoms with E-state index in [0.717, 1.165) is 16.0 Å². The van der Waals surface area contributed by atoms with Gasteiger partial charge in [-0.15, -0.1) is 0 Å². The molecule has 1 aliphatic rings. The predicted molar refractivity (Wildman–Crippen MR) is 170 cm³/mol. The molecule has 0 fully saturated rings. The third kappa shape index (κ3) is 5.70. The average molecular weight is 620 g/mol. The number of hydrogen-bond acceptors (Lipinski definition) is 12. The van der Waals surface area contributed by atoms with E-state index in [1.165, 1.54) is 7.11 Å². The van der Waals surface area contributed by atoms with E-state index in [4.69, 9.17) is 16.2 Å². The standard InChI is InChI=1S/C32H29N9O5/c1-46-31(45)24(11-6-14-41-29(43)21-9-4-5-10-22(21)30(41)44)38-28(42)20-12-13-23(19-8-3-2-7-18(19)20)35-15-17-16-36-27-25(37-17)26(33)39-32(34)40-27/h2-5,7-10,12-13,16,24,35H,6,11,14-15H2,1H3,(H,38,42)(H4,33,34,36,39,40). The normalized spacial score (nSPS) is 13.1. The van der Waals surface area contributed by atoms with Crippen molar-refractivity contribution in [3.8, 4) is 0 Å². The van der Waals surface area contributed by atoms with Crippen molar-refractivity contribution in [1.82, 2.24) is 30.2 Å². The molecule has 0 spiro atoms. The van der Waals surface area contributed by atoms with Gasteiger partial charge in [-0.05, 0) is 42.5 Å². The van der Waals surface area contributed by atoms with Crippen LogP contribution in [0.4, 0.5) is 17.5 Å². The molecule has 3 heterocycles. The minimum absolute atomic E-state index is 0.0140. The second kappa shape index (κ2) is 12.4. The smallest absolute Gasteiger partial charge is 0.328 e. The molecule has 1 aliphatic heterocycles. The van der Waals surface area contributed by atoms with E-state index >= 15 is 0 Å². The molecule has 0 saturated heterocycles. The monoisotopic (exact) mass is 619 g/mol. The van der Waals surface area contributed by atoms with Crippen LogP contribution in [0.3, 0.4) is 0 Å². The van der Waals surface area contributed by atoms with E-state index < -0.39 is 17.9 Å². The lowest BCUT2D eigenvalue weighted by atomic mass is 10.0. The van der Waals surface area contributed by atoms with Crippen molar-refractivity contribution in [2.45, 2.75) is 25.4 Å². The van der Waals surface area contributed by atoms with Crippen LogP contribution in [-0.4, -0.2) is 68.2 Å². The number of carbonyl (C=O) groups excluding carboxylic acids is 4. The molecule has 0 saturated carbocycles. The first-order valence-electron chi connectivity index (χ1n) is 14.4. The minimum atomic E-state index is -0.998. The Morgan fingerprint density at radius 3 is 2.33 bits per heavy atom. The Bertz CT molecular complexity index is 2000. The molecule has 1 atom stereocenters. The first-order valence-corrected chi connectivity index (χ1v) is 14.4. The molecule has 1 unspecified atom stereocenters. The Labute approximate surface area is 262 Å². The number of ether oxygens (including phenoxy) is 1. The van der Waals surface area contributed by atoms with Gasteiger partial charge in [-0.1, -0.05) is 36.4 Å². The fourth-order valence-electron chi connectivity index (χ4n) is 5.43. The largest absolute Gasteiger partial charge is 0.467 e. The van der Waals surface area contributed by atoms with Gasteiger partial charge in [-0.25, -0.2) is 14.8 Å². The summed E-state index contributed by atoms with van der Waals surface area (Å²) in [5.74, 6) is -1.73. The molecule has 0 aliphatic carbocycles. The number of amides is 3. The molecule has 14 nitrogen and oxygen atoms in total. The van der Waals surface area contributed by atoms with Crippen molar-refractivity contribution in [2.24, 2.45) is 0 Å². The molecule has 5 aromatic rings. The summed E-state index contributed by atoms with van der Waals surface area (Å²) in [4.78, 5) is 69.5. The maximum Gasteiger partial charge on any atom is 0.328 e. The van der Waals surface area contributed by atoms with Crippen molar-refractivity contribution >= 4 is 63.1 Å². The second-order valence-corrected chi connectivity index (χ2v) is 10.6. The molecule has 232 valence electrons. The number of carbonyl (C=O) groups is 4. The molecular formula is C32H29N9O5. The fourth-order valence-corrected chi connectivity index (χ4v) is 5.43. The maximum atomic E-state index is 13.5. The van der Waals surface area contributed by atoms with E-state index in [1.807, 2.05) is 24.3 Å². The molecule has 6 N–H and O–H groups in total. The fraction of sp³-hybridized carbons (Fsp3) is 0.188. The van der Waals surface area contributed by atoms with Crippen LogP contribution in [0, 0.1) is 0 Å². The topological polar surface area (TPSA) is 208 Å².